The van der Waals surface area contributed by atoms with Crippen molar-refractivity contribution in [3.63, 3.8) is 0 Å². The lowest BCUT2D eigenvalue weighted by Gasteiger charge is -2.48. The molecular weight excluding hydrogens is 909 g/mol. The number of hydrogen-bond donors (Lipinski definition) is 2. The first-order valence-electron chi connectivity index (χ1n) is 21.9. The molecule has 354 valence electrons. The molecule has 0 radical (unpaired) electrons. The third-order valence-electron chi connectivity index (χ3n) is 11.1. The molecule has 2 aliphatic rings. The molecule has 8 rings (SSSR count). The highest BCUT2D eigenvalue weighted by atomic mass is 32.2. The van der Waals surface area contributed by atoms with E-state index in [2.05, 4.69) is 0 Å². The largest absolute Gasteiger partial charge is 0.459 e. The number of benzene rings is 6. The van der Waals surface area contributed by atoms with E-state index >= 15 is 0 Å². The van der Waals surface area contributed by atoms with Crippen molar-refractivity contribution >= 4 is 41.6 Å². The first-order chi connectivity index (χ1) is 33.7. The van der Waals surface area contributed by atoms with Gasteiger partial charge in [-0.1, -0.05) is 121 Å². The average molecular weight is 955 g/mol. The zero-order valence-electron chi connectivity index (χ0n) is 36.6. The Kier molecular flexibility index (Phi) is 16.2. The molecule has 2 heterocycles. The second-order valence-corrected chi connectivity index (χ2v) is 16.9. The molecular formula is C53H46O15S. The fourth-order valence-electron chi connectivity index (χ4n) is 7.61. The van der Waals surface area contributed by atoms with E-state index in [9.17, 15) is 34.2 Å². The molecule has 0 spiro atoms. The summed E-state index contributed by atoms with van der Waals surface area (Å²) in [6.07, 6.45) is -15.0. The van der Waals surface area contributed by atoms with Gasteiger partial charge in [0.25, 0.3) is 0 Å². The maximum absolute atomic E-state index is 14.3. The van der Waals surface area contributed by atoms with Crippen LogP contribution in [0.3, 0.4) is 0 Å². The van der Waals surface area contributed by atoms with Gasteiger partial charge in [-0.05, 0) is 72.8 Å². The van der Waals surface area contributed by atoms with Gasteiger partial charge in [-0.2, -0.15) is 0 Å². The van der Waals surface area contributed by atoms with Gasteiger partial charge >= 0.3 is 29.8 Å². The molecule has 0 amide bonds. The van der Waals surface area contributed by atoms with E-state index in [1.807, 2.05) is 6.07 Å². The monoisotopic (exact) mass is 954 g/mol. The second-order valence-electron chi connectivity index (χ2n) is 15.7. The lowest BCUT2D eigenvalue weighted by Crippen LogP contribution is -2.66. The maximum Gasteiger partial charge on any atom is 0.338 e. The van der Waals surface area contributed by atoms with Crippen molar-refractivity contribution in [1.82, 2.24) is 0 Å². The molecule has 10 atom stereocenters. The summed E-state index contributed by atoms with van der Waals surface area (Å²) in [5, 5.41) is 22.3. The Labute approximate surface area is 400 Å². The second kappa shape index (κ2) is 23.2. The Hall–Kier alpha value is -7.18. The van der Waals surface area contributed by atoms with Crippen LogP contribution in [0.4, 0.5) is 0 Å². The number of esters is 5. The average Bonchev–Trinajstić information content (AvgIpc) is 3.40. The maximum atomic E-state index is 14.3. The summed E-state index contributed by atoms with van der Waals surface area (Å²) in [5.41, 5.74) is -0.583. The van der Waals surface area contributed by atoms with Crippen molar-refractivity contribution < 1.29 is 72.1 Å². The van der Waals surface area contributed by atoms with Crippen molar-refractivity contribution in [2.45, 2.75) is 65.5 Å². The summed E-state index contributed by atoms with van der Waals surface area (Å²) in [6.45, 7) is -1.42. The molecule has 16 heteroatoms. The normalized spacial score (nSPS) is 24.2. The molecule has 6 aromatic carbocycles. The Morgan fingerprint density at radius 2 is 0.812 bits per heavy atom. The van der Waals surface area contributed by atoms with Crippen molar-refractivity contribution in [1.29, 1.82) is 0 Å². The summed E-state index contributed by atoms with van der Waals surface area (Å²) in [6, 6.07) is 48.8. The third kappa shape index (κ3) is 12.1. The number of aliphatic hydroxyl groups excluding tert-OH is 2. The molecule has 4 unspecified atom stereocenters. The van der Waals surface area contributed by atoms with Gasteiger partial charge in [0.15, 0.2) is 30.7 Å². The van der Waals surface area contributed by atoms with Crippen molar-refractivity contribution in [2.24, 2.45) is 0 Å². The van der Waals surface area contributed by atoms with Crippen LogP contribution in [-0.4, -0.2) is 114 Å². The number of rotatable bonds is 16. The van der Waals surface area contributed by atoms with Gasteiger partial charge in [0, 0.05) is 4.90 Å². The van der Waals surface area contributed by atoms with Crippen LogP contribution in [0.1, 0.15) is 51.8 Å². The van der Waals surface area contributed by atoms with Gasteiger partial charge in [0.05, 0.1) is 34.4 Å². The van der Waals surface area contributed by atoms with Gasteiger partial charge < -0.3 is 48.1 Å². The molecule has 6 aromatic rings. The minimum atomic E-state index is -1.88. The van der Waals surface area contributed by atoms with E-state index < -0.39 is 104 Å². The Morgan fingerprint density at radius 3 is 1.25 bits per heavy atom. The first kappa shape index (κ1) is 48.3. The standard InChI is InChI=1S/C53H46O15S/c54-31-39-41(55)43(64-48(57)34-21-9-2-10-22-34)45(66-50(59)36-25-13-4-14-26-36)52(62-39)68-42-40(32-61-47(56)33-19-7-1-8-20-33)63-53(69-38-29-17-6-18-30-38)46(67-51(60)37-27-15-5-16-28-37)44(42)65-49(58)35-23-11-3-12-24-35/h1-30,39-46,52-55H,31-32H2/t39?,40?,41-,42+,43?,44?,45-,46-,52-,53-/m0/s1. The topological polar surface area (TPSA) is 200 Å². The Balaban J connectivity index is 1.24. The van der Waals surface area contributed by atoms with Gasteiger partial charge in [0.1, 0.15) is 36.5 Å². The Morgan fingerprint density at radius 1 is 0.435 bits per heavy atom. The zero-order chi connectivity index (χ0) is 48.1. The van der Waals surface area contributed by atoms with E-state index in [0.717, 1.165) is 11.8 Å². The van der Waals surface area contributed by atoms with Gasteiger partial charge in [-0.15, -0.1) is 0 Å². The zero-order valence-corrected chi connectivity index (χ0v) is 37.4. The van der Waals surface area contributed by atoms with Crippen molar-refractivity contribution in [3.8, 4) is 0 Å². The third-order valence-corrected chi connectivity index (χ3v) is 12.2. The highest BCUT2D eigenvalue weighted by Crippen LogP contribution is 2.40. The molecule has 2 N–H and O–H groups in total. The number of carbonyl (C=O) groups is 5. The highest BCUT2D eigenvalue weighted by molar-refractivity contribution is 7.99. The van der Waals surface area contributed by atoms with Crippen LogP contribution >= 0.6 is 11.8 Å². The van der Waals surface area contributed by atoms with Crippen LogP contribution < -0.4 is 0 Å². The predicted octanol–water partition coefficient (Wildman–Crippen LogP) is 6.73. The van der Waals surface area contributed by atoms with E-state index in [4.69, 9.17) is 37.9 Å². The minimum Gasteiger partial charge on any atom is -0.459 e. The van der Waals surface area contributed by atoms with Crippen LogP contribution in [0.2, 0.25) is 0 Å². The summed E-state index contributed by atoms with van der Waals surface area (Å²) in [4.78, 5) is 70.4. The summed E-state index contributed by atoms with van der Waals surface area (Å²) >= 11 is 1.12. The summed E-state index contributed by atoms with van der Waals surface area (Å²) in [7, 11) is 0. The van der Waals surface area contributed by atoms with Crippen LogP contribution in [-0.2, 0) is 37.9 Å². The number of thioether (sulfide) groups is 1. The number of carbonyl (C=O) groups excluding carboxylic acids is 5. The van der Waals surface area contributed by atoms with E-state index in [-0.39, 0.29) is 27.8 Å². The molecule has 0 aliphatic carbocycles. The van der Waals surface area contributed by atoms with Crippen LogP contribution in [0.15, 0.2) is 187 Å². The predicted molar refractivity (Wildman–Crippen MR) is 247 cm³/mol. The highest BCUT2D eigenvalue weighted by Gasteiger charge is 2.57. The van der Waals surface area contributed by atoms with E-state index in [1.165, 1.54) is 48.5 Å². The van der Waals surface area contributed by atoms with Gasteiger partial charge in [0.2, 0.25) is 0 Å². The molecule has 0 bridgehead atoms. The SMILES string of the molecule is O=C(OCC1O[C@@H](Sc2ccccc2)[C@@H](OC(=O)c2ccccc2)C(OC(=O)c2ccccc2)[C@@H]1O[C@@H]1OC(CO)[C@H](O)C(OC(=O)c2ccccc2)[C@@H]1OC(=O)c1ccccc1)c1ccccc1. The van der Waals surface area contributed by atoms with Crippen molar-refractivity contribution in [3.05, 3.63) is 210 Å². The molecule has 15 nitrogen and oxygen atoms in total. The summed E-state index contributed by atoms with van der Waals surface area (Å²) in [5.74, 6) is -4.32. The fourth-order valence-corrected chi connectivity index (χ4v) is 8.73. The molecule has 2 saturated heterocycles. The van der Waals surface area contributed by atoms with E-state index in [0.29, 0.717) is 4.90 Å². The minimum absolute atomic E-state index is 0.0678. The van der Waals surface area contributed by atoms with Gasteiger partial charge in [-0.25, -0.2) is 24.0 Å². The van der Waals surface area contributed by atoms with Gasteiger partial charge in [-0.3, -0.25) is 0 Å². The number of hydrogen-bond acceptors (Lipinski definition) is 16. The van der Waals surface area contributed by atoms with Crippen LogP contribution in [0.25, 0.3) is 0 Å². The number of ether oxygens (including phenoxy) is 8. The first-order valence-corrected chi connectivity index (χ1v) is 22.8. The van der Waals surface area contributed by atoms with E-state index in [1.54, 1.807) is 127 Å². The molecule has 2 fully saturated rings. The van der Waals surface area contributed by atoms with Crippen LogP contribution in [0.5, 0.6) is 0 Å². The molecule has 2 aliphatic heterocycles. The number of aliphatic hydroxyl groups is 2. The smallest absolute Gasteiger partial charge is 0.338 e. The lowest BCUT2D eigenvalue weighted by atomic mass is 9.96. The quantitative estimate of drug-likeness (QED) is 0.0764. The fraction of sp³-hybridized carbons (Fsp3) is 0.226. The molecule has 0 aromatic heterocycles. The van der Waals surface area contributed by atoms with Crippen molar-refractivity contribution in [2.75, 3.05) is 13.2 Å². The Bertz CT molecular complexity index is 2630. The summed E-state index contributed by atoms with van der Waals surface area (Å²) < 4.78 is 50.2. The lowest BCUT2D eigenvalue weighted by molar-refractivity contribution is -0.335. The molecule has 0 saturated carbocycles. The van der Waals surface area contributed by atoms with Crippen LogP contribution in [0, 0.1) is 0 Å². The molecule has 69 heavy (non-hydrogen) atoms.